The molecule has 0 saturated carbocycles. The number of halogens is 4. The van der Waals surface area contributed by atoms with Crippen molar-refractivity contribution in [2.75, 3.05) is 7.05 Å². The molecule has 0 amide bonds. The van der Waals surface area contributed by atoms with Crippen LogP contribution in [-0.2, 0) is 14.8 Å². The Morgan fingerprint density at radius 2 is 2.14 bits per heavy atom. The summed E-state index contributed by atoms with van der Waals surface area (Å²) in [5, 5.41) is 8.98. The summed E-state index contributed by atoms with van der Waals surface area (Å²) in [5.74, 6) is -1.49. The Morgan fingerprint density at radius 3 is 2.48 bits per heavy atom. The number of aliphatic carboxylic acids is 1. The molecule has 0 aliphatic carbocycles. The van der Waals surface area contributed by atoms with Crippen LogP contribution in [0.15, 0.2) is 11.1 Å². The van der Waals surface area contributed by atoms with Gasteiger partial charge in [0.15, 0.2) is 0 Å². The lowest BCUT2D eigenvalue weighted by Gasteiger charge is -2.25. The molecule has 0 aromatic rings. The minimum atomic E-state index is -4.74. The Hall–Kier alpha value is -1.00. The topological polar surface area (TPSA) is 86.7 Å². The SMILES string of the molecule is CC[C@H](NS(=O)(=O)C1=CN(C)C(Cl)(C(=O)O)C1)C(F)(F)F. The molecule has 1 rings (SSSR count). The number of carbonyl (C=O) groups is 1. The normalized spacial score (nSPS) is 24.9. The Balaban J connectivity index is 3.01. The van der Waals surface area contributed by atoms with Crippen molar-refractivity contribution < 1.29 is 31.5 Å². The van der Waals surface area contributed by atoms with Gasteiger partial charge in [-0.05, 0) is 6.42 Å². The van der Waals surface area contributed by atoms with Crippen LogP contribution >= 0.6 is 11.6 Å². The molecule has 0 saturated heterocycles. The molecule has 11 heteroatoms. The number of sulfonamides is 1. The minimum Gasteiger partial charge on any atom is -0.479 e. The molecule has 0 radical (unpaired) electrons. The average Bonchev–Trinajstić information content (AvgIpc) is 2.63. The van der Waals surface area contributed by atoms with E-state index in [4.69, 9.17) is 16.7 Å². The smallest absolute Gasteiger partial charge is 0.404 e. The number of alkyl halides is 4. The molecule has 0 spiro atoms. The first-order chi connectivity index (χ1) is 9.34. The first-order valence-electron chi connectivity index (χ1n) is 5.79. The molecule has 6 nitrogen and oxygen atoms in total. The van der Waals surface area contributed by atoms with Crippen LogP contribution in [0.1, 0.15) is 19.8 Å². The lowest BCUT2D eigenvalue weighted by Crippen LogP contribution is -2.45. The van der Waals surface area contributed by atoms with Gasteiger partial charge in [-0.25, -0.2) is 13.2 Å². The van der Waals surface area contributed by atoms with E-state index in [-0.39, 0.29) is 0 Å². The quantitative estimate of drug-likeness (QED) is 0.579. The molecular weight excluding hydrogens is 337 g/mol. The molecule has 2 N–H and O–H groups in total. The summed E-state index contributed by atoms with van der Waals surface area (Å²) in [6, 6.07) is -2.25. The van der Waals surface area contributed by atoms with Crippen molar-refractivity contribution in [3.63, 3.8) is 0 Å². The van der Waals surface area contributed by atoms with E-state index in [2.05, 4.69) is 0 Å². The van der Waals surface area contributed by atoms with Crippen molar-refractivity contribution in [1.82, 2.24) is 9.62 Å². The van der Waals surface area contributed by atoms with Gasteiger partial charge in [0, 0.05) is 19.7 Å². The first-order valence-corrected chi connectivity index (χ1v) is 7.65. The zero-order chi connectivity index (χ0) is 16.6. The monoisotopic (exact) mass is 350 g/mol. The van der Waals surface area contributed by atoms with E-state index in [9.17, 15) is 26.4 Å². The Labute approximate surface area is 124 Å². The van der Waals surface area contributed by atoms with Crippen LogP contribution in [0.25, 0.3) is 0 Å². The average molecular weight is 351 g/mol. The third-order valence-electron chi connectivity index (χ3n) is 3.08. The van der Waals surface area contributed by atoms with Gasteiger partial charge < -0.3 is 10.0 Å². The summed E-state index contributed by atoms with van der Waals surface area (Å²) in [5.41, 5.74) is 0. The van der Waals surface area contributed by atoms with Crippen molar-refractivity contribution in [2.45, 2.75) is 37.0 Å². The standard InChI is InChI=1S/C10H14ClF3N2O4S/c1-3-7(10(12,13)14)15-21(19,20)6-4-9(11,8(17)18)16(2)5-6/h5,7,15H,3-4H2,1-2H3,(H,17,18)/t7-,9?/m0/s1. The van der Waals surface area contributed by atoms with Crippen molar-refractivity contribution in [3.05, 3.63) is 11.1 Å². The van der Waals surface area contributed by atoms with Gasteiger partial charge in [-0.2, -0.15) is 17.9 Å². The van der Waals surface area contributed by atoms with E-state index >= 15 is 0 Å². The van der Waals surface area contributed by atoms with Crippen LogP contribution in [0.3, 0.4) is 0 Å². The second-order valence-corrected chi connectivity index (χ2v) is 6.96. The number of rotatable bonds is 5. The second kappa shape index (κ2) is 5.65. The molecule has 0 aromatic heterocycles. The lowest BCUT2D eigenvalue weighted by molar-refractivity contribution is -0.151. The number of carboxylic acid groups (broad SMARTS) is 1. The van der Waals surface area contributed by atoms with Gasteiger partial charge in [0.1, 0.15) is 6.04 Å². The highest BCUT2D eigenvalue weighted by atomic mass is 35.5. The highest BCUT2D eigenvalue weighted by Crippen LogP contribution is 2.37. The molecule has 0 bridgehead atoms. The van der Waals surface area contributed by atoms with E-state index in [0.717, 1.165) is 11.1 Å². The van der Waals surface area contributed by atoms with Gasteiger partial charge in [0.25, 0.3) is 0 Å². The Morgan fingerprint density at radius 1 is 1.62 bits per heavy atom. The summed E-state index contributed by atoms with van der Waals surface area (Å²) < 4.78 is 63.3. The number of hydrogen-bond donors (Lipinski definition) is 2. The van der Waals surface area contributed by atoms with Gasteiger partial charge in [0.05, 0.1) is 4.91 Å². The van der Waals surface area contributed by atoms with Crippen LogP contribution in [0.2, 0.25) is 0 Å². The summed E-state index contributed by atoms with van der Waals surface area (Å²) in [4.78, 5) is 9.44. The van der Waals surface area contributed by atoms with Crippen LogP contribution in [0.5, 0.6) is 0 Å². The number of hydrogen-bond acceptors (Lipinski definition) is 4. The Bertz CT molecular complexity index is 563. The van der Waals surface area contributed by atoms with Crippen LogP contribution in [0.4, 0.5) is 13.2 Å². The van der Waals surface area contributed by atoms with Crippen LogP contribution in [-0.4, -0.2) is 48.7 Å². The predicted molar refractivity (Wildman–Crippen MR) is 68.9 cm³/mol. The van der Waals surface area contributed by atoms with Gasteiger partial charge in [-0.1, -0.05) is 18.5 Å². The second-order valence-electron chi connectivity index (χ2n) is 4.57. The van der Waals surface area contributed by atoms with E-state index in [1.165, 1.54) is 18.7 Å². The van der Waals surface area contributed by atoms with Gasteiger partial charge in [0.2, 0.25) is 15.0 Å². The summed E-state index contributed by atoms with van der Waals surface area (Å²) in [6.07, 6.45) is -4.95. The minimum absolute atomic E-state index is 0.489. The zero-order valence-electron chi connectivity index (χ0n) is 11.1. The van der Waals surface area contributed by atoms with Crippen LogP contribution in [0, 0.1) is 0 Å². The van der Waals surface area contributed by atoms with Crippen molar-refractivity contribution in [2.24, 2.45) is 0 Å². The largest absolute Gasteiger partial charge is 0.479 e. The Kier molecular flexibility index (Phi) is 4.86. The first kappa shape index (κ1) is 18.1. The lowest BCUT2D eigenvalue weighted by atomic mass is 10.2. The van der Waals surface area contributed by atoms with E-state index < -0.39 is 51.0 Å². The van der Waals surface area contributed by atoms with Crippen molar-refractivity contribution >= 4 is 27.6 Å². The number of likely N-dealkylation sites (N-methyl/N-ethyl adjacent to an activating group) is 1. The molecule has 21 heavy (non-hydrogen) atoms. The molecular formula is C10H14ClF3N2O4S. The van der Waals surface area contributed by atoms with Crippen molar-refractivity contribution in [3.8, 4) is 0 Å². The number of nitrogens with one attached hydrogen (secondary N) is 1. The maximum absolute atomic E-state index is 12.6. The number of nitrogens with zero attached hydrogens (tertiary/aromatic N) is 1. The predicted octanol–water partition coefficient (Wildman–Crippen LogP) is 1.44. The molecule has 2 atom stereocenters. The van der Waals surface area contributed by atoms with Gasteiger partial charge in [-0.3, -0.25) is 0 Å². The third-order valence-corrected chi connectivity index (χ3v) is 5.18. The maximum atomic E-state index is 12.6. The third kappa shape index (κ3) is 3.61. The molecule has 1 unspecified atom stereocenters. The maximum Gasteiger partial charge on any atom is 0.404 e. The van der Waals surface area contributed by atoms with E-state index in [0.29, 0.717) is 0 Å². The highest BCUT2D eigenvalue weighted by Gasteiger charge is 2.49. The molecule has 1 heterocycles. The fourth-order valence-corrected chi connectivity index (χ4v) is 3.55. The number of carboxylic acids is 1. The highest BCUT2D eigenvalue weighted by molar-refractivity contribution is 7.93. The summed E-state index contributed by atoms with van der Waals surface area (Å²) in [7, 11) is -3.26. The van der Waals surface area contributed by atoms with Crippen LogP contribution < -0.4 is 4.72 Å². The fraction of sp³-hybridized carbons (Fsp3) is 0.700. The van der Waals surface area contributed by atoms with E-state index in [1.807, 2.05) is 0 Å². The van der Waals surface area contributed by atoms with Crippen molar-refractivity contribution in [1.29, 1.82) is 0 Å². The fourth-order valence-electron chi connectivity index (χ4n) is 1.75. The van der Waals surface area contributed by atoms with Gasteiger partial charge in [-0.15, -0.1) is 0 Å². The molecule has 1 aliphatic heterocycles. The summed E-state index contributed by atoms with van der Waals surface area (Å²) in [6.45, 7) is 1.18. The molecule has 122 valence electrons. The molecule has 0 aromatic carbocycles. The summed E-state index contributed by atoms with van der Waals surface area (Å²) >= 11 is 5.78. The zero-order valence-corrected chi connectivity index (χ0v) is 12.7. The van der Waals surface area contributed by atoms with E-state index in [1.54, 1.807) is 0 Å². The molecule has 1 aliphatic rings. The molecule has 0 fully saturated rings. The van der Waals surface area contributed by atoms with Gasteiger partial charge >= 0.3 is 12.1 Å².